The van der Waals surface area contributed by atoms with E-state index in [2.05, 4.69) is 26.8 Å². The van der Waals surface area contributed by atoms with Gasteiger partial charge in [0.2, 0.25) is 0 Å². The second-order valence-corrected chi connectivity index (χ2v) is 24.0. The third-order valence-corrected chi connectivity index (χ3v) is 19.8. The molecule has 0 aromatic heterocycles. The molecule has 75 heavy (non-hydrogen) atoms. The third kappa shape index (κ3) is 10.6. The highest BCUT2D eigenvalue weighted by Crippen LogP contribution is 2.70. The molecule has 5 aliphatic heterocycles. The van der Waals surface area contributed by atoms with Gasteiger partial charge in [0.05, 0.1) is 44.7 Å². The first-order valence-electron chi connectivity index (χ1n) is 27.3. The highest BCUT2D eigenvalue weighted by Gasteiger charge is 2.68. The molecule has 23 heteroatoms. The number of aliphatic hydroxyl groups excluding tert-OH is 13. The van der Waals surface area contributed by atoms with Gasteiger partial charge >= 0.3 is 0 Å². The fourth-order valence-electron chi connectivity index (χ4n) is 15.2. The molecule has 4 aliphatic carbocycles. The van der Waals surface area contributed by atoms with E-state index in [1.165, 1.54) is 12.5 Å². The maximum Gasteiger partial charge on any atom is 0.187 e. The Morgan fingerprint density at radius 2 is 1.25 bits per heavy atom. The molecule has 9 rings (SSSR count). The Morgan fingerprint density at radius 1 is 0.653 bits per heavy atom. The Hall–Kier alpha value is -1.18. The molecule has 0 aromatic carbocycles. The summed E-state index contributed by atoms with van der Waals surface area (Å²) in [6, 6.07) is 0. The lowest BCUT2D eigenvalue weighted by molar-refractivity contribution is -0.375. The van der Waals surface area contributed by atoms with Crippen LogP contribution in [0.25, 0.3) is 0 Å². The lowest BCUT2D eigenvalue weighted by Crippen LogP contribution is -2.65. The fraction of sp³-hybridized carbons (Fsp3) is 0.962. The summed E-state index contributed by atoms with van der Waals surface area (Å²) in [5, 5.41) is 136. The van der Waals surface area contributed by atoms with Crippen molar-refractivity contribution in [1.29, 1.82) is 0 Å². The van der Waals surface area contributed by atoms with E-state index in [9.17, 15) is 66.4 Å². The van der Waals surface area contributed by atoms with Crippen LogP contribution in [0.3, 0.4) is 0 Å². The molecule has 0 amide bonds. The highest BCUT2D eigenvalue weighted by molar-refractivity contribution is 5.26. The molecule has 9 aliphatic rings. The van der Waals surface area contributed by atoms with Gasteiger partial charge in [-0.1, -0.05) is 39.3 Å². The Balaban J connectivity index is 0.849. The van der Waals surface area contributed by atoms with Crippen LogP contribution in [0, 0.1) is 46.3 Å². The molecule has 13 N–H and O–H groups in total. The van der Waals surface area contributed by atoms with Crippen molar-refractivity contribution in [2.24, 2.45) is 46.3 Å². The van der Waals surface area contributed by atoms with Crippen molar-refractivity contribution in [3.8, 4) is 0 Å². The van der Waals surface area contributed by atoms with Crippen molar-refractivity contribution in [3.63, 3.8) is 0 Å². The van der Waals surface area contributed by atoms with E-state index < -0.39 is 155 Å². The second kappa shape index (κ2) is 23.0. The second-order valence-electron chi connectivity index (χ2n) is 24.0. The molecule has 31 atom stereocenters. The summed E-state index contributed by atoms with van der Waals surface area (Å²) in [6.07, 6.45) is -20.6. The molecule has 0 bridgehead atoms. The molecular formula is C52H86O23. The first-order chi connectivity index (χ1) is 35.5. The Kier molecular flexibility index (Phi) is 17.9. The van der Waals surface area contributed by atoms with Crippen LogP contribution < -0.4 is 0 Å². The van der Waals surface area contributed by atoms with Crippen LogP contribution in [0.15, 0.2) is 11.6 Å². The molecule has 1 unspecified atom stereocenters. The van der Waals surface area contributed by atoms with Crippen LogP contribution in [0.2, 0.25) is 0 Å². The van der Waals surface area contributed by atoms with Gasteiger partial charge < -0.3 is 114 Å². The predicted molar refractivity (Wildman–Crippen MR) is 255 cm³/mol. The summed E-state index contributed by atoms with van der Waals surface area (Å²) in [5.41, 5.74) is 1.14. The third-order valence-electron chi connectivity index (χ3n) is 19.8. The summed E-state index contributed by atoms with van der Waals surface area (Å²) >= 11 is 0. The minimum atomic E-state index is -1.75. The Labute approximate surface area is 437 Å². The molecule has 8 fully saturated rings. The van der Waals surface area contributed by atoms with Gasteiger partial charge in [0, 0.05) is 19.4 Å². The number of methoxy groups -OCH3 is 1. The molecule has 0 spiro atoms. The molecule has 0 aromatic rings. The average molecular weight is 1080 g/mol. The van der Waals surface area contributed by atoms with Crippen molar-refractivity contribution in [2.45, 2.75) is 233 Å². The van der Waals surface area contributed by atoms with E-state index in [0.717, 1.165) is 32.1 Å². The minimum Gasteiger partial charge on any atom is -0.394 e. The number of rotatable bonds is 16. The van der Waals surface area contributed by atoms with Crippen molar-refractivity contribution in [2.75, 3.05) is 33.5 Å². The summed E-state index contributed by atoms with van der Waals surface area (Å²) in [7, 11) is 1.71. The maximum absolute atomic E-state index is 11.7. The lowest BCUT2D eigenvalue weighted by atomic mass is 9.47. The molecule has 5 heterocycles. The van der Waals surface area contributed by atoms with Crippen molar-refractivity contribution >= 4 is 0 Å². The number of ether oxygens (including phenoxy) is 10. The van der Waals surface area contributed by atoms with E-state index in [1.54, 1.807) is 7.11 Å². The van der Waals surface area contributed by atoms with Crippen LogP contribution in [0.5, 0.6) is 0 Å². The summed E-state index contributed by atoms with van der Waals surface area (Å²) < 4.78 is 60.8. The smallest absolute Gasteiger partial charge is 0.187 e. The quantitative estimate of drug-likeness (QED) is 0.0720. The minimum absolute atomic E-state index is 0.00195. The van der Waals surface area contributed by atoms with Gasteiger partial charge in [0.15, 0.2) is 30.9 Å². The first-order valence-corrected chi connectivity index (χ1v) is 27.3. The maximum atomic E-state index is 11.7. The predicted octanol–water partition coefficient (Wildman–Crippen LogP) is -2.35. The number of aliphatic hydroxyl groups is 13. The monoisotopic (exact) mass is 1080 g/mol. The van der Waals surface area contributed by atoms with Gasteiger partial charge in [0.25, 0.3) is 0 Å². The number of hydrogen-bond acceptors (Lipinski definition) is 23. The zero-order valence-electron chi connectivity index (χ0n) is 43.8. The highest BCUT2D eigenvalue weighted by atomic mass is 16.8. The molecule has 432 valence electrons. The number of hydrogen-bond donors (Lipinski definition) is 13. The van der Waals surface area contributed by atoms with Crippen LogP contribution in [0.1, 0.15) is 92.4 Å². The SMILES string of the molecule is COC1(CC[C@@H](C)CO[C@@H]2O[C@H](CO)[C@@H](O)[C@H](O)[C@H]2O)O[C@H]2C[C@H]3[C@@H]4CC=C5C[C@@H](O[C@@H]6O[C@H](CO[C@@H]7O[C@H](CO)[C@@H](O)[C@H](O)[C@H]7O)[C@@H](O)[C@H](O)[C@H]6O[C@@H]6O[C@@H](C)[C@H](O)[C@@H](O)[C@H]6O)CC[C@]5(C)[C@H]4CC[C@]3(C)[C@H]2[C@@H]1C. The Morgan fingerprint density at radius 3 is 1.89 bits per heavy atom. The van der Waals surface area contributed by atoms with Gasteiger partial charge in [-0.2, -0.15) is 0 Å². The summed E-state index contributed by atoms with van der Waals surface area (Å²) in [6.45, 7) is 9.03. The fourth-order valence-corrected chi connectivity index (χ4v) is 15.2. The number of fused-ring (bicyclic) bond motifs is 7. The van der Waals surface area contributed by atoms with Crippen LogP contribution in [-0.4, -0.2) is 241 Å². The normalized spacial score (nSPS) is 54.3. The first kappa shape index (κ1) is 58.5. The molecule has 5 saturated heterocycles. The van der Waals surface area contributed by atoms with Crippen molar-refractivity contribution < 1.29 is 114 Å². The van der Waals surface area contributed by atoms with Crippen molar-refractivity contribution in [1.82, 2.24) is 0 Å². The average Bonchev–Trinajstić information content (AvgIpc) is 3.91. The summed E-state index contributed by atoms with van der Waals surface area (Å²) in [4.78, 5) is 0. The van der Waals surface area contributed by atoms with Gasteiger partial charge in [-0.3, -0.25) is 0 Å². The lowest BCUT2D eigenvalue weighted by Gasteiger charge is -2.58. The van der Waals surface area contributed by atoms with Crippen LogP contribution in [0.4, 0.5) is 0 Å². The van der Waals surface area contributed by atoms with Gasteiger partial charge in [-0.15, -0.1) is 0 Å². The Bertz CT molecular complexity index is 1930. The standard InChI is InChI=1S/C52H86O23/c1-21(19-67-46-42(63)39(60)35(56)30(17-53)71-46)9-14-52(66-6)22(2)33-29(75-52)16-28-26-8-7-24-15-25(10-12-50(24,4)27(26)11-13-51(28,33)5)70-49-45(74-48-44(65)38(59)34(55)23(3)69-48)41(62)37(58)32(73-49)20-68-47-43(64)40(61)36(57)31(18-54)72-47/h7,21-23,25-49,53-65H,8-20H2,1-6H3/t21-,22+,23+,25+,26-,27+,28+,29+,30-,31-,32-,33+,34+,35-,36-,37-,38-,39+,40+,41+,42-,43-,44-,45-,46-,47-,48+,49-,50+,51+,52?/m1/s1. The van der Waals surface area contributed by atoms with Crippen molar-refractivity contribution in [3.05, 3.63) is 11.6 Å². The largest absolute Gasteiger partial charge is 0.394 e. The molecular weight excluding hydrogens is 993 g/mol. The van der Waals surface area contributed by atoms with Crippen LogP contribution >= 0.6 is 0 Å². The molecule has 23 nitrogen and oxygen atoms in total. The van der Waals surface area contributed by atoms with E-state index >= 15 is 0 Å². The van der Waals surface area contributed by atoms with E-state index in [0.29, 0.717) is 43.4 Å². The van der Waals surface area contributed by atoms with E-state index in [4.69, 9.17) is 47.4 Å². The van der Waals surface area contributed by atoms with E-state index in [-0.39, 0.29) is 41.3 Å². The van der Waals surface area contributed by atoms with Gasteiger partial charge in [0.1, 0.15) is 91.6 Å². The van der Waals surface area contributed by atoms with Gasteiger partial charge in [-0.25, -0.2) is 0 Å². The van der Waals surface area contributed by atoms with E-state index in [1.807, 2.05) is 6.92 Å². The zero-order chi connectivity index (χ0) is 54.2. The number of allylic oxidation sites excluding steroid dienone is 1. The zero-order valence-corrected chi connectivity index (χ0v) is 43.8. The summed E-state index contributed by atoms with van der Waals surface area (Å²) in [5.74, 6) is 0.806. The topological polar surface area (TPSA) is 355 Å². The molecule has 0 radical (unpaired) electrons. The van der Waals surface area contributed by atoms with Gasteiger partial charge in [-0.05, 0) is 98.7 Å². The van der Waals surface area contributed by atoms with Crippen LogP contribution in [-0.2, 0) is 47.4 Å². The molecule has 3 saturated carbocycles.